The Kier molecular flexibility index (Phi) is 6.62. The van der Waals surface area contributed by atoms with Gasteiger partial charge in [0.05, 0.1) is 16.8 Å². The quantitative estimate of drug-likeness (QED) is 0.251. The molecule has 0 fully saturated rings. The summed E-state index contributed by atoms with van der Waals surface area (Å²) in [4.78, 5) is 12.4. The molecule has 0 bridgehead atoms. The molecule has 0 unspecified atom stereocenters. The van der Waals surface area contributed by atoms with Gasteiger partial charge in [0, 0.05) is 35.2 Å². The molecule has 0 spiro atoms. The molecule has 2 aromatic heterocycles. The van der Waals surface area contributed by atoms with Crippen LogP contribution in [0, 0.1) is 24.5 Å². The van der Waals surface area contributed by atoms with Gasteiger partial charge in [-0.15, -0.1) is 0 Å². The van der Waals surface area contributed by atoms with Crippen LogP contribution in [0.5, 0.6) is 0 Å². The lowest BCUT2D eigenvalue weighted by Crippen LogP contribution is -2.06. The first-order valence-corrected chi connectivity index (χ1v) is 10.5. The van der Waals surface area contributed by atoms with E-state index in [2.05, 4.69) is 20.3 Å². The van der Waals surface area contributed by atoms with E-state index in [0.717, 1.165) is 12.1 Å². The highest BCUT2D eigenvalue weighted by Gasteiger charge is 2.30. The van der Waals surface area contributed by atoms with Crippen LogP contribution in [0.1, 0.15) is 23.4 Å². The Labute approximate surface area is 195 Å². The molecule has 0 radical (unpaired) electrons. The molecular weight excluding hydrogens is 474 g/mol. The molecule has 182 valence electrons. The van der Waals surface area contributed by atoms with E-state index in [1.165, 1.54) is 31.2 Å². The second-order valence-corrected chi connectivity index (χ2v) is 7.75. The maximum Gasteiger partial charge on any atom is 0.416 e. The van der Waals surface area contributed by atoms with Crippen LogP contribution in [0.25, 0.3) is 22.2 Å². The summed E-state index contributed by atoms with van der Waals surface area (Å²) in [7, 11) is 0. The highest BCUT2D eigenvalue weighted by Crippen LogP contribution is 2.33. The summed E-state index contributed by atoms with van der Waals surface area (Å²) in [6, 6.07) is 8.96. The minimum absolute atomic E-state index is 0.101. The van der Waals surface area contributed by atoms with Crippen LogP contribution in [-0.2, 0) is 12.6 Å². The fourth-order valence-corrected chi connectivity index (χ4v) is 3.52. The highest BCUT2D eigenvalue weighted by atomic mass is 19.4. The summed E-state index contributed by atoms with van der Waals surface area (Å²) in [5.41, 5.74) is -0.107. The lowest BCUT2D eigenvalue weighted by atomic mass is 10.0. The highest BCUT2D eigenvalue weighted by molar-refractivity contribution is 5.93. The average Bonchev–Trinajstić information content (AvgIpc) is 2.83. The second kappa shape index (κ2) is 9.49. The van der Waals surface area contributed by atoms with Crippen molar-refractivity contribution in [2.24, 2.45) is 0 Å². The minimum atomic E-state index is -4.47. The number of rotatable bonds is 6. The normalized spacial score (nSPS) is 11.8. The fourth-order valence-electron chi connectivity index (χ4n) is 3.52. The largest absolute Gasteiger partial charge is 0.416 e. The number of aryl methyl sites for hydroxylation is 1. The van der Waals surface area contributed by atoms with Crippen LogP contribution >= 0.6 is 0 Å². The Bertz CT molecular complexity index is 1390. The van der Waals surface area contributed by atoms with Gasteiger partial charge in [-0.1, -0.05) is 6.07 Å². The van der Waals surface area contributed by atoms with E-state index in [1.807, 2.05) is 0 Å². The van der Waals surface area contributed by atoms with Crippen LogP contribution in [0.15, 0.2) is 42.5 Å². The van der Waals surface area contributed by atoms with Gasteiger partial charge in [0.25, 0.3) is 5.95 Å². The summed E-state index contributed by atoms with van der Waals surface area (Å²) >= 11 is 0. The third-order valence-electron chi connectivity index (χ3n) is 5.32. The number of aliphatic hydroxyl groups is 1. The zero-order valence-electron chi connectivity index (χ0n) is 18.2. The van der Waals surface area contributed by atoms with Gasteiger partial charge < -0.3 is 10.4 Å². The minimum Gasteiger partial charge on any atom is -0.396 e. The van der Waals surface area contributed by atoms with Gasteiger partial charge in [-0.25, -0.2) is 19.3 Å². The standard InChI is InChI=1S/C24H18F6N4O/c1-12-19(25)20(26)22(27)34-21(12)13-4-9-16-17(11-13)32-18(3-2-10-35)33-23(16)31-15-7-5-14(6-8-15)24(28,29)30/h4-9,11,35H,2-3,10H2,1H3,(H,31,32,33). The van der Waals surface area contributed by atoms with Gasteiger partial charge in [-0.05, 0) is 49.7 Å². The van der Waals surface area contributed by atoms with Crippen molar-refractivity contribution < 1.29 is 31.4 Å². The van der Waals surface area contributed by atoms with Crippen molar-refractivity contribution in [3.05, 3.63) is 77.0 Å². The number of benzene rings is 2. The first kappa shape index (κ1) is 24.4. The molecule has 0 saturated carbocycles. The molecule has 4 aromatic rings. The number of halogens is 6. The second-order valence-electron chi connectivity index (χ2n) is 7.75. The molecule has 11 heteroatoms. The molecule has 4 rings (SSSR count). The summed E-state index contributed by atoms with van der Waals surface area (Å²) in [6.07, 6.45) is -3.81. The lowest BCUT2D eigenvalue weighted by Gasteiger charge is -2.13. The van der Waals surface area contributed by atoms with Gasteiger partial charge in [-0.2, -0.15) is 22.0 Å². The van der Waals surface area contributed by atoms with Crippen molar-refractivity contribution in [1.29, 1.82) is 0 Å². The molecule has 0 saturated heterocycles. The van der Waals surface area contributed by atoms with Crippen molar-refractivity contribution in [2.45, 2.75) is 25.9 Å². The molecule has 2 aromatic carbocycles. The summed E-state index contributed by atoms with van der Waals surface area (Å²) in [6.45, 7) is 1.16. The predicted octanol–water partition coefficient (Wildman–Crippen LogP) is 6.10. The first-order chi connectivity index (χ1) is 16.6. The third kappa shape index (κ3) is 5.04. The average molecular weight is 492 g/mol. The fraction of sp³-hybridized carbons (Fsp3) is 0.208. The number of aliphatic hydroxyl groups excluding tert-OH is 1. The van der Waals surface area contributed by atoms with Crippen molar-refractivity contribution in [1.82, 2.24) is 15.0 Å². The van der Waals surface area contributed by atoms with E-state index in [-0.39, 0.29) is 29.2 Å². The maximum atomic E-state index is 14.1. The molecular formula is C24H18F6N4O. The molecule has 0 aliphatic heterocycles. The summed E-state index contributed by atoms with van der Waals surface area (Å²) in [5.74, 6) is -3.96. The lowest BCUT2D eigenvalue weighted by molar-refractivity contribution is -0.137. The van der Waals surface area contributed by atoms with E-state index in [0.29, 0.717) is 35.3 Å². The van der Waals surface area contributed by atoms with Gasteiger partial charge in [0.1, 0.15) is 11.6 Å². The molecule has 2 heterocycles. The van der Waals surface area contributed by atoms with E-state index < -0.39 is 29.3 Å². The van der Waals surface area contributed by atoms with E-state index in [4.69, 9.17) is 5.11 Å². The number of hydrogen-bond donors (Lipinski definition) is 2. The topological polar surface area (TPSA) is 70.9 Å². The number of aromatic nitrogens is 3. The van der Waals surface area contributed by atoms with Crippen LogP contribution in [0.2, 0.25) is 0 Å². The third-order valence-corrected chi connectivity index (χ3v) is 5.32. The monoisotopic (exact) mass is 492 g/mol. The number of nitrogens with zero attached hydrogens (tertiary/aromatic N) is 3. The van der Waals surface area contributed by atoms with Crippen molar-refractivity contribution >= 4 is 22.4 Å². The summed E-state index contributed by atoms with van der Waals surface area (Å²) in [5, 5.41) is 12.6. The number of pyridine rings is 1. The smallest absolute Gasteiger partial charge is 0.396 e. The van der Waals surface area contributed by atoms with Crippen molar-refractivity contribution in [3.8, 4) is 11.3 Å². The predicted molar refractivity (Wildman–Crippen MR) is 118 cm³/mol. The number of nitrogens with one attached hydrogen (secondary N) is 1. The Hall–Kier alpha value is -3.73. The maximum absolute atomic E-state index is 14.1. The zero-order valence-corrected chi connectivity index (χ0v) is 18.2. The Balaban J connectivity index is 1.79. The van der Waals surface area contributed by atoms with Crippen LogP contribution in [0.3, 0.4) is 0 Å². The van der Waals surface area contributed by atoms with Crippen LogP contribution in [0.4, 0.5) is 37.8 Å². The van der Waals surface area contributed by atoms with E-state index in [9.17, 15) is 26.3 Å². The molecule has 0 aliphatic rings. The molecule has 0 atom stereocenters. The van der Waals surface area contributed by atoms with Gasteiger partial charge in [0.2, 0.25) is 5.82 Å². The number of hydrogen-bond acceptors (Lipinski definition) is 5. The molecule has 5 nitrogen and oxygen atoms in total. The Morgan fingerprint density at radius 2 is 1.63 bits per heavy atom. The van der Waals surface area contributed by atoms with Crippen molar-refractivity contribution in [2.75, 3.05) is 11.9 Å². The molecule has 2 N–H and O–H groups in total. The van der Waals surface area contributed by atoms with Crippen LogP contribution in [-0.4, -0.2) is 26.7 Å². The number of alkyl halides is 3. The van der Waals surface area contributed by atoms with Gasteiger partial charge in [-0.3, -0.25) is 0 Å². The van der Waals surface area contributed by atoms with Gasteiger partial charge >= 0.3 is 6.18 Å². The van der Waals surface area contributed by atoms with Gasteiger partial charge in [0.15, 0.2) is 5.82 Å². The number of fused-ring (bicyclic) bond motifs is 1. The zero-order chi connectivity index (χ0) is 25.3. The SMILES string of the molecule is Cc1c(-c2ccc3c(Nc4ccc(C(F)(F)F)cc4)nc(CCCO)nc3c2)nc(F)c(F)c1F. The Morgan fingerprint density at radius 1 is 0.914 bits per heavy atom. The number of anilines is 2. The van der Waals surface area contributed by atoms with E-state index in [1.54, 1.807) is 6.07 Å². The molecule has 35 heavy (non-hydrogen) atoms. The first-order valence-electron chi connectivity index (χ1n) is 10.5. The molecule has 0 aliphatic carbocycles. The molecule has 0 amide bonds. The van der Waals surface area contributed by atoms with Crippen LogP contribution < -0.4 is 5.32 Å². The van der Waals surface area contributed by atoms with E-state index >= 15 is 0 Å². The Morgan fingerprint density at radius 3 is 2.29 bits per heavy atom. The van der Waals surface area contributed by atoms with Crippen molar-refractivity contribution in [3.63, 3.8) is 0 Å². The summed E-state index contributed by atoms with van der Waals surface area (Å²) < 4.78 is 80.0.